The van der Waals surface area contributed by atoms with Crippen LogP contribution in [0, 0.1) is 5.92 Å². The Kier molecular flexibility index (Phi) is 4.36. The van der Waals surface area contributed by atoms with Gasteiger partial charge in [-0.2, -0.15) is 0 Å². The van der Waals surface area contributed by atoms with Crippen LogP contribution in [-0.4, -0.2) is 35.7 Å². The molecule has 0 aliphatic carbocycles. The number of hydrogen-bond acceptors (Lipinski definition) is 4. The molecule has 4 heteroatoms. The third-order valence-electron chi connectivity index (χ3n) is 3.30. The van der Waals surface area contributed by atoms with Crippen LogP contribution >= 0.6 is 11.8 Å². The molecule has 0 saturated carbocycles. The van der Waals surface area contributed by atoms with E-state index >= 15 is 0 Å². The lowest BCUT2D eigenvalue weighted by Crippen LogP contribution is -2.50. The molecule has 0 amide bonds. The van der Waals surface area contributed by atoms with Crippen LogP contribution in [0.15, 0.2) is 4.99 Å². The summed E-state index contributed by atoms with van der Waals surface area (Å²) in [5.41, 5.74) is 0.0941. The quantitative estimate of drug-likeness (QED) is 0.843. The van der Waals surface area contributed by atoms with Gasteiger partial charge >= 0.3 is 0 Å². The molecule has 17 heavy (non-hydrogen) atoms. The largest absolute Gasteiger partial charge is 0.379 e. The topological polar surface area (TPSA) is 33.6 Å². The fraction of sp³-hybridized carbons (Fsp3) is 0.923. The number of nitrogens with zero attached hydrogens (tertiary/aromatic N) is 1. The molecule has 1 fully saturated rings. The van der Waals surface area contributed by atoms with Gasteiger partial charge in [0.25, 0.3) is 0 Å². The summed E-state index contributed by atoms with van der Waals surface area (Å²) in [5, 5.41) is 4.71. The lowest BCUT2D eigenvalue weighted by Gasteiger charge is -2.34. The standard InChI is InChI=1S/C13H24N2OS/c1-10(2)7-11-8-17-12(14-11)15-13(3)5-4-6-16-9-13/h10-11H,4-9H2,1-3H3,(H,14,15). The molecule has 2 aliphatic rings. The van der Waals surface area contributed by atoms with E-state index in [0.717, 1.165) is 36.5 Å². The second-order valence-corrected chi connectivity index (χ2v) is 6.88. The van der Waals surface area contributed by atoms with Crippen LogP contribution in [0.4, 0.5) is 0 Å². The molecule has 2 heterocycles. The van der Waals surface area contributed by atoms with Gasteiger partial charge in [0.05, 0.1) is 18.2 Å². The van der Waals surface area contributed by atoms with Crippen molar-refractivity contribution in [2.24, 2.45) is 10.9 Å². The van der Waals surface area contributed by atoms with Crippen molar-refractivity contribution in [2.45, 2.75) is 51.6 Å². The molecule has 0 aromatic carbocycles. The van der Waals surface area contributed by atoms with Gasteiger partial charge in [-0.25, -0.2) is 0 Å². The van der Waals surface area contributed by atoms with E-state index in [4.69, 9.17) is 9.73 Å². The Labute approximate surface area is 109 Å². The molecule has 1 N–H and O–H groups in total. The Morgan fingerprint density at radius 1 is 1.59 bits per heavy atom. The Balaban J connectivity index is 1.86. The zero-order valence-corrected chi connectivity index (χ0v) is 12.0. The second-order valence-electron chi connectivity index (χ2n) is 5.87. The number of ether oxygens (including phenoxy) is 1. The maximum Gasteiger partial charge on any atom is 0.157 e. The van der Waals surface area contributed by atoms with E-state index in [2.05, 4.69) is 26.1 Å². The van der Waals surface area contributed by atoms with Crippen LogP contribution < -0.4 is 5.32 Å². The molecule has 2 unspecified atom stereocenters. The first-order valence-electron chi connectivity index (χ1n) is 6.64. The van der Waals surface area contributed by atoms with E-state index in [1.807, 2.05) is 11.8 Å². The normalized spacial score (nSPS) is 33.9. The van der Waals surface area contributed by atoms with Gasteiger partial charge in [-0.3, -0.25) is 4.99 Å². The van der Waals surface area contributed by atoms with E-state index in [1.54, 1.807) is 0 Å². The van der Waals surface area contributed by atoms with Crippen molar-refractivity contribution in [3.05, 3.63) is 0 Å². The fourth-order valence-corrected chi connectivity index (χ4v) is 3.54. The van der Waals surface area contributed by atoms with E-state index in [9.17, 15) is 0 Å². The number of aliphatic imine (C=N–C) groups is 1. The van der Waals surface area contributed by atoms with Gasteiger partial charge < -0.3 is 10.1 Å². The molecule has 0 radical (unpaired) electrons. The van der Waals surface area contributed by atoms with Crippen LogP contribution in [-0.2, 0) is 4.74 Å². The van der Waals surface area contributed by atoms with Gasteiger partial charge in [0, 0.05) is 12.4 Å². The summed E-state index contributed by atoms with van der Waals surface area (Å²) in [7, 11) is 0. The minimum atomic E-state index is 0.0941. The van der Waals surface area contributed by atoms with Gasteiger partial charge in [0.2, 0.25) is 0 Å². The molecule has 0 aromatic heterocycles. The number of thioether (sulfide) groups is 1. The van der Waals surface area contributed by atoms with Crippen LogP contribution in [0.1, 0.15) is 40.0 Å². The molecule has 2 rings (SSSR count). The predicted octanol–water partition coefficient (Wildman–Crippen LogP) is 2.66. The van der Waals surface area contributed by atoms with Crippen molar-refractivity contribution in [3.63, 3.8) is 0 Å². The van der Waals surface area contributed by atoms with Crippen molar-refractivity contribution in [2.75, 3.05) is 19.0 Å². The summed E-state index contributed by atoms with van der Waals surface area (Å²) >= 11 is 1.87. The van der Waals surface area contributed by atoms with E-state index in [-0.39, 0.29) is 5.54 Å². The average molecular weight is 256 g/mol. The maximum atomic E-state index is 5.56. The van der Waals surface area contributed by atoms with Gasteiger partial charge in [0.15, 0.2) is 5.17 Å². The predicted molar refractivity (Wildman–Crippen MR) is 74.7 cm³/mol. The van der Waals surface area contributed by atoms with Crippen molar-refractivity contribution in [1.82, 2.24) is 5.32 Å². The minimum absolute atomic E-state index is 0.0941. The first-order chi connectivity index (χ1) is 8.07. The number of hydrogen-bond donors (Lipinski definition) is 1. The van der Waals surface area contributed by atoms with E-state index in [0.29, 0.717) is 6.04 Å². The summed E-state index contributed by atoms with van der Waals surface area (Å²) in [6.07, 6.45) is 3.53. The lowest BCUT2D eigenvalue weighted by atomic mass is 9.95. The number of nitrogens with one attached hydrogen (secondary N) is 1. The molecule has 0 aromatic rings. The third kappa shape index (κ3) is 3.88. The molecule has 3 nitrogen and oxygen atoms in total. The Hall–Kier alpha value is -0.220. The van der Waals surface area contributed by atoms with E-state index in [1.165, 1.54) is 12.8 Å². The highest BCUT2D eigenvalue weighted by molar-refractivity contribution is 8.14. The highest BCUT2D eigenvalue weighted by Gasteiger charge is 2.30. The highest BCUT2D eigenvalue weighted by Crippen LogP contribution is 2.25. The monoisotopic (exact) mass is 256 g/mol. The van der Waals surface area contributed by atoms with Crippen molar-refractivity contribution < 1.29 is 4.74 Å². The zero-order valence-electron chi connectivity index (χ0n) is 11.2. The highest BCUT2D eigenvalue weighted by atomic mass is 32.2. The molecule has 98 valence electrons. The first kappa shape index (κ1) is 13.2. The second kappa shape index (κ2) is 5.61. The average Bonchev–Trinajstić information content (AvgIpc) is 2.64. The lowest BCUT2D eigenvalue weighted by molar-refractivity contribution is 0.0375. The van der Waals surface area contributed by atoms with Crippen LogP contribution in [0.2, 0.25) is 0 Å². The fourth-order valence-electron chi connectivity index (χ4n) is 2.44. The summed E-state index contributed by atoms with van der Waals surface area (Å²) in [4.78, 5) is 4.78. The van der Waals surface area contributed by atoms with Crippen LogP contribution in [0.5, 0.6) is 0 Å². The Morgan fingerprint density at radius 2 is 2.41 bits per heavy atom. The number of amidine groups is 1. The number of rotatable bonds is 3. The Morgan fingerprint density at radius 3 is 3.06 bits per heavy atom. The van der Waals surface area contributed by atoms with Gasteiger partial charge in [-0.05, 0) is 32.1 Å². The molecule has 1 saturated heterocycles. The molecule has 2 atom stereocenters. The first-order valence-corrected chi connectivity index (χ1v) is 7.62. The molecule has 2 aliphatic heterocycles. The molecule has 0 spiro atoms. The summed E-state index contributed by atoms with van der Waals surface area (Å²) in [6.45, 7) is 8.49. The van der Waals surface area contributed by atoms with Crippen molar-refractivity contribution >= 4 is 16.9 Å². The molecular formula is C13H24N2OS. The molecule has 0 bridgehead atoms. The third-order valence-corrected chi connectivity index (χ3v) is 4.33. The summed E-state index contributed by atoms with van der Waals surface area (Å²) in [5.74, 6) is 1.87. The zero-order chi connectivity index (χ0) is 12.3. The van der Waals surface area contributed by atoms with Crippen molar-refractivity contribution in [1.29, 1.82) is 0 Å². The molecular weight excluding hydrogens is 232 g/mol. The maximum absolute atomic E-state index is 5.56. The van der Waals surface area contributed by atoms with E-state index < -0.39 is 0 Å². The van der Waals surface area contributed by atoms with Crippen molar-refractivity contribution in [3.8, 4) is 0 Å². The summed E-state index contributed by atoms with van der Waals surface area (Å²) in [6, 6.07) is 0.510. The SMILES string of the molecule is CC(C)CC1CSC(NC2(C)CCCOC2)=N1. The van der Waals surface area contributed by atoms with Gasteiger partial charge in [0.1, 0.15) is 0 Å². The smallest absolute Gasteiger partial charge is 0.157 e. The summed E-state index contributed by atoms with van der Waals surface area (Å²) < 4.78 is 5.56. The van der Waals surface area contributed by atoms with Gasteiger partial charge in [-0.1, -0.05) is 25.6 Å². The van der Waals surface area contributed by atoms with Crippen LogP contribution in [0.3, 0.4) is 0 Å². The Bertz CT molecular complexity index is 285. The van der Waals surface area contributed by atoms with Gasteiger partial charge in [-0.15, -0.1) is 0 Å². The van der Waals surface area contributed by atoms with Crippen LogP contribution in [0.25, 0.3) is 0 Å². The minimum Gasteiger partial charge on any atom is -0.379 e.